The van der Waals surface area contributed by atoms with Gasteiger partial charge in [0.2, 0.25) is 0 Å². The molecular formula is C23H24N2O. The molecule has 1 N–H and O–H groups in total. The van der Waals surface area contributed by atoms with E-state index in [1.807, 2.05) is 74.8 Å². The lowest BCUT2D eigenvalue weighted by Crippen LogP contribution is -2.28. The summed E-state index contributed by atoms with van der Waals surface area (Å²) in [5.41, 5.74) is 4.01. The Labute approximate surface area is 155 Å². The molecule has 1 atom stereocenters. The summed E-state index contributed by atoms with van der Waals surface area (Å²) in [7, 11) is 4.05. The van der Waals surface area contributed by atoms with Gasteiger partial charge < -0.3 is 4.90 Å². The van der Waals surface area contributed by atoms with E-state index in [-0.39, 0.29) is 11.8 Å². The maximum atomic E-state index is 13.0. The van der Waals surface area contributed by atoms with Crippen LogP contribution in [0, 0.1) is 0 Å². The zero-order valence-corrected chi connectivity index (χ0v) is 15.2. The van der Waals surface area contributed by atoms with E-state index in [2.05, 4.69) is 34.5 Å². The molecule has 0 saturated heterocycles. The first-order valence-electron chi connectivity index (χ1n) is 8.79. The van der Waals surface area contributed by atoms with Crippen molar-refractivity contribution in [3.05, 3.63) is 102 Å². The van der Waals surface area contributed by atoms with Crippen LogP contribution in [0.2, 0.25) is 0 Å². The number of rotatable bonds is 7. The molecular weight excluding hydrogens is 320 g/mol. The Hall–Kier alpha value is -2.91. The average Bonchev–Trinajstić information content (AvgIpc) is 2.70. The summed E-state index contributed by atoms with van der Waals surface area (Å²) in [5.74, 6) is 0.0849. The van der Waals surface area contributed by atoms with Gasteiger partial charge in [0.15, 0.2) is 5.78 Å². The van der Waals surface area contributed by atoms with Crippen molar-refractivity contribution < 1.29 is 4.79 Å². The number of hydrogen-bond acceptors (Lipinski definition) is 3. The van der Waals surface area contributed by atoms with Crippen LogP contribution in [0.5, 0.6) is 0 Å². The minimum Gasteiger partial charge on any atom is -0.378 e. The third kappa shape index (κ3) is 4.38. The maximum Gasteiger partial charge on any atom is 0.184 e. The molecule has 0 aromatic heterocycles. The fraction of sp³-hybridized carbons (Fsp3) is 0.174. The van der Waals surface area contributed by atoms with Crippen LogP contribution in [-0.4, -0.2) is 19.9 Å². The van der Waals surface area contributed by atoms with E-state index in [1.54, 1.807) is 0 Å². The molecule has 3 aromatic carbocycles. The summed E-state index contributed by atoms with van der Waals surface area (Å²) >= 11 is 0. The Balaban J connectivity index is 1.79. The lowest BCUT2D eigenvalue weighted by atomic mass is 9.97. The molecule has 0 saturated carbocycles. The van der Waals surface area contributed by atoms with Crippen LogP contribution in [0.4, 0.5) is 5.69 Å². The topological polar surface area (TPSA) is 32.3 Å². The molecule has 3 aromatic rings. The van der Waals surface area contributed by atoms with Gasteiger partial charge in [0.25, 0.3) is 0 Å². The van der Waals surface area contributed by atoms with E-state index < -0.39 is 0 Å². The third-order valence-electron chi connectivity index (χ3n) is 4.42. The molecule has 0 heterocycles. The van der Waals surface area contributed by atoms with Crippen LogP contribution in [-0.2, 0) is 6.54 Å². The lowest BCUT2D eigenvalue weighted by Gasteiger charge is -2.19. The van der Waals surface area contributed by atoms with E-state index in [0.717, 1.165) is 22.4 Å². The molecule has 0 spiro atoms. The van der Waals surface area contributed by atoms with Crippen molar-refractivity contribution in [3.8, 4) is 0 Å². The van der Waals surface area contributed by atoms with Crippen LogP contribution in [0.3, 0.4) is 0 Å². The number of carbonyl (C=O) groups excluding carboxylic acids is 1. The highest BCUT2D eigenvalue weighted by Gasteiger charge is 2.21. The Morgan fingerprint density at radius 3 is 2.00 bits per heavy atom. The van der Waals surface area contributed by atoms with Gasteiger partial charge in [-0.25, -0.2) is 0 Å². The summed E-state index contributed by atoms with van der Waals surface area (Å²) < 4.78 is 0. The molecule has 26 heavy (non-hydrogen) atoms. The summed E-state index contributed by atoms with van der Waals surface area (Å²) in [6, 6.07) is 27.3. The number of carbonyl (C=O) groups is 1. The highest BCUT2D eigenvalue weighted by atomic mass is 16.1. The molecule has 0 amide bonds. The van der Waals surface area contributed by atoms with Crippen molar-refractivity contribution in [1.82, 2.24) is 5.32 Å². The summed E-state index contributed by atoms with van der Waals surface area (Å²) in [5, 5.41) is 3.44. The van der Waals surface area contributed by atoms with Gasteiger partial charge in [-0.1, -0.05) is 72.8 Å². The number of benzene rings is 3. The standard InChI is InChI=1S/C23H24N2O/c1-25(2)21-15-13-18(14-16-21)17-24-22(19-9-5-3-6-10-19)23(26)20-11-7-4-8-12-20/h3-16,22,24H,17H2,1-2H3/t22-/m0/s1. The van der Waals surface area contributed by atoms with Gasteiger partial charge in [-0.05, 0) is 23.3 Å². The largest absolute Gasteiger partial charge is 0.378 e. The maximum absolute atomic E-state index is 13.0. The molecule has 3 rings (SSSR count). The Bertz CT molecular complexity index is 827. The van der Waals surface area contributed by atoms with Crippen LogP contribution >= 0.6 is 0 Å². The monoisotopic (exact) mass is 344 g/mol. The first-order valence-corrected chi connectivity index (χ1v) is 8.79. The average molecular weight is 344 g/mol. The van der Waals surface area contributed by atoms with Crippen molar-refractivity contribution in [2.75, 3.05) is 19.0 Å². The molecule has 0 fully saturated rings. The summed E-state index contributed by atoms with van der Waals surface area (Å²) in [6.07, 6.45) is 0. The van der Waals surface area contributed by atoms with E-state index in [0.29, 0.717) is 6.54 Å². The SMILES string of the molecule is CN(C)c1ccc(CN[C@H](C(=O)c2ccccc2)c2ccccc2)cc1. The third-order valence-corrected chi connectivity index (χ3v) is 4.42. The highest BCUT2D eigenvalue weighted by molar-refractivity contribution is 6.00. The zero-order chi connectivity index (χ0) is 18.4. The molecule has 0 unspecified atom stereocenters. The highest BCUT2D eigenvalue weighted by Crippen LogP contribution is 2.20. The van der Waals surface area contributed by atoms with Gasteiger partial charge in [0.1, 0.15) is 0 Å². The second-order valence-corrected chi connectivity index (χ2v) is 6.52. The first kappa shape index (κ1) is 17.9. The molecule has 3 heteroatoms. The first-order chi connectivity index (χ1) is 12.6. The number of nitrogens with one attached hydrogen (secondary N) is 1. The number of Topliss-reactive ketones (excluding diaryl/α,β-unsaturated/α-hetero) is 1. The van der Waals surface area contributed by atoms with Gasteiger partial charge in [-0.2, -0.15) is 0 Å². The number of hydrogen-bond donors (Lipinski definition) is 1. The smallest absolute Gasteiger partial charge is 0.184 e. The normalized spacial score (nSPS) is 11.8. The van der Waals surface area contributed by atoms with Crippen molar-refractivity contribution in [3.63, 3.8) is 0 Å². The zero-order valence-electron chi connectivity index (χ0n) is 15.2. The molecule has 0 radical (unpaired) electrons. The molecule has 0 aliphatic heterocycles. The van der Waals surface area contributed by atoms with Crippen LogP contribution in [0.1, 0.15) is 27.5 Å². The number of anilines is 1. The minimum absolute atomic E-state index is 0.0849. The molecule has 0 bridgehead atoms. The minimum atomic E-state index is -0.368. The van der Waals surface area contributed by atoms with Crippen molar-refractivity contribution >= 4 is 11.5 Å². The predicted molar refractivity (Wildman–Crippen MR) is 108 cm³/mol. The summed E-state index contributed by atoms with van der Waals surface area (Å²) in [4.78, 5) is 15.1. The van der Waals surface area contributed by atoms with Gasteiger partial charge in [-0.3, -0.25) is 10.1 Å². The van der Waals surface area contributed by atoms with Gasteiger partial charge in [0, 0.05) is 31.9 Å². The second-order valence-electron chi connectivity index (χ2n) is 6.52. The van der Waals surface area contributed by atoms with Crippen molar-refractivity contribution in [2.45, 2.75) is 12.6 Å². The fourth-order valence-electron chi connectivity index (χ4n) is 2.91. The van der Waals surface area contributed by atoms with E-state index in [9.17, 15) is 4.79 Å². The molecule has 3 nitrogen and oxygen atoms in total. The quantitative estimate of drug-likeness (QED) is 0.642. The van der Waals surface area contributed by atoms with Crippen LogP contribution in [0.15, 0.2) is 84.9 Å². The van der Waals surface area contributed by atoms with Crippen LogP contribution in [0.25, 0.3) is 0 Å². The second kappa shape index (κ2) is 8.45. The Kier molecular flexibility index (Phi) is 5.82. The molecule has 0 aliphatic rings. The van der Waals surface area contributed by atoms with Gasteiger partial charge >= 0.3 is 0 Å². The van der Waals surface area contributed by atoms with Crippen molar-refractivity contribution in [1.29, 1.82) is 0 Å². The number of ketones is 1. The Morgan fingerprint density at radius 1 is 0.846 bits per heavy atom. The fourth-order valence-corrected chi connectivity index (χ4v) is 2.91. The predicted octanol–water partition coefficient (Wildman–Crippen LogP) is 4.47. The Morgan fingerprint density at radius 2 is 1.42 bits per heavy atom. The van der Waals surface area contributed by atoms with E-state index in [1.165, 1.54) is 0 Å². The summed E-state index contributed by atoms with van der Waals surface area (Å²) in [6.45, 7) is 0.631. The van der Waals surface area contributed by atoms with E-state index in [4.69, 9.17) is 0 Å². The lowest BCUT2D eigenvalue weighted by molar-refractivity contribution is 0.0942. The van der Waals surface area contributed by atoms with E-state index >= 15 is 0 Å². The van der Waals surface area contributed by atoms with Gasteiger partial charge in [0.05, 0.1) is 6.04 Å². The van der Waals surface area contributed by atoms with Crippen molar-refractivity contribution in [2.24, 2.45) is 0 Å². The number of nitrogens with zero attached hydrogens (tertiary/aromatic N) is 1. The van der Waals surface area contributed by atoms with Crippen LogP contribution < -0.4 is 10.2 Å². The molecule has 0 aliphatic carbocycles. The molecule has 132 valence electrons. The van der Waals surface area contributed by atoms with Gasteiger partial charge in [-0.15, -0.1) is 0 Å².